The molecule has 1 fully saturated rings. The highest BCUT2D eigenvalue weighted by Crippen LogP contribution is 2.24. The Kier molecular flexibility index (Phi) is 6.00. The molecule has 0 unspecified atom stereocenters. The maximum atomic E-state index is 13.0. The van der Waals surface area contributed by atoms with Gasteiger partial charge in [-0.05, 0) is 26.3 Å². The van der Waals surface area contributed by atoms with Gasteiger partial charge in [-0.15, -0.1) is 0 Å². The maximum absolute atomic E-state index is 13.0. The number of hydrogen-bond acceptors (Lipinski definition) is 5. The lowest BCUT2D eigenvalue weighted by Gasteiger charge is -2.35. The van der Waals surface area contributed by atoms with Gasteiger partial charge in [-0.1, -0.05) is 29.8 Å². The van der Waals surface area contributed by atoms with E-state index in [1.807, 2.05) is 19.1 Å². The van der Waals surface area contributed by atoms with Crippen LogP contribution in [-0.2, 0) is 21.8 Å². The molecule has 1 atom stereocenters. The predicted octanol–water partition coefficient (Wildman–Crippen LogP) is 1.70. The summed E-state index contributed by atoms with van der Waals surface area (Å²) in [5.41, 5.74) is 3.42. The fourth-order valence-corrected chi connectivity index (χ4v) is 5.10. The van der Waals surface area contributed by atoms with Gasteiger partial charge in [0.05, 0.1) is 24.6 Å². The molecule has 27 heavy (non-hydrogen) atoms. The molecule has 0 radical (unpaired) electrons. The molecule has 1 aromatic heterocycles. The van der Waals surface area contributed by atoms with Crippen molar-refractivity contribution < 1.29 is 13.2 Å². The number of morpholine rings is 1. The summed E-state index contributed by atoms with van der Waals surface area (Å²) >= 11 is 0. The van der Waals surface area contributed by atoms with Crippen molar-refractivity contribution in [2.75, 3.05) is 32.8 Å². The third-order valence-electron chi connectivity index (χ3n) is 5.09. The normalized spacial score (nSPS) is 17.2. The summed E-state index contributed by atoms with van der Waals surface area (Å²) in [7, 11) is -1.89. The Morgan fingerprint density at radius 1 is 1.22 bits per heavy atom. The zero-order valence-corrected chi connectivity index (χ0v) is 17.2. The van der Waals surface area contributed by atoms with Crippen LogP contribution < -0.4 is 4.72 Å². The van der Waals surface area contributed by atoms with Gasteiger partial charge in [0.25, 0.3) is 0 Å². The fourth-order valence-electron chi connectivity index (χ4n) is 3.63. The molecule has 0 bridgehead atoms. The molecule has 1 aliphatic heterocycles. The Morgan fingerprint density at radius 3 is 2.52 bits per heavy atom. The first-order chi connectivity index (χ1) is 12.8. The number of ether oxygens (including phenoxy) is 1. The number of sulfonamides is 1. The first-order valence-electron chi connectivity index (χ1n) is 9.18. The first kappa shape index (κ1) is 20.0. The van der Waals surface area contributed by atoms with Gasteiger partial charge in [0.2, 0.25) is 10.0 Å². The molecule has 0 saturated carbocycles. The Morgan fingerprint density at radius 2 is 1.93 bits per heavy atom. The van der Waals surface area contributed by atoms with Gasteiger partial charge in [0.15, 0.2) is 0 Å². The van der Waals surface area contributed by atoms with Crippen molar-refractivity contribution in [1.82, 2.24) is 19.4 Å². The van der Waals surface area contributed by atoms with Crippen molar-refractivity contribution in [3.8, 4) is 0 Å². The summed E-state index contributed by atoms with van der Waals surface area (Å²) in [6.07, 6.45) is 0. The number of aromatic nitrogens is 2. The van der Waals surface area contributed by atoms with Crippen LogP contribution in [0.1, 0.15) is 28.6 Å². The van der Waals surface area contributed by atoms with E-state index in [4.69, 9.17) is 4.74 Å². The third-order valence-corrected chi connectivity index (χ3v) is 6.77. The molecular weight excluding hydrogens is 364 g/mol. The largest absolute Gasteiger partial charge is 0.379 e. The summed E-state index contributed by atoms with van der Waals surface area (Å²) in [4.78, 5) is 2.55. The van der Waals surface area contributed by atoms with Gasteiger partial charge in [-0.2, -0.15) is 5.10 Å². The molecular formula is C19H28N4O3S. The molecule has 2 heterocycles. The Labute approximate surface area is 161 Å². The predicted molar refractivity (Wildman–Crippen MR) is 104 cm³/mol. The lowest BCUT2D eigenvalue weighted by Crippen LogP contribution is -2.43. The summed E-state index contributed by atoms with van der Waals surface area (Å²) in [6, 6.07) is 8.20. The molecule has 7 nitrogen and oxygen atoms in total. The number of benzene rings is 1. The van der Waals surface area contributed by atoms with E-state index in [2.05, 4.69) is 26.9 Å². The van der Waals surface area contributed by atoms with E-state index in [1.165, 1.54) is 0 Å². The van der Waals surface area contributed by atoms with Crippen molar-refractivity contribution in [3.05, 3.63) is 46.8 Å². The molecule has 3 rings (SSSR count). The highest BCUT2D eigenvalue weighted by molar-refractivity contribution is 7.89. The molecule has 0 aliphatic carbocycles. The summed E-state index contributed by atoms with van der Waals surface area (Å²) < 4.78 is 35.8. The number of nitrogens with zero attached hydrogens (tertiary/aromatic N) is 3. The molecule has 8 heteroatoms. The third kappa shape index (κ3) is 4.40. The molecule has 2 aromatic rings. The highest BCUT2D eigenvalue weighted by atomic mass is 32.2. The summed E-state index contributed by atoms with van der Waals surface area (Å²) in [5, 5.41) is 4.23. The van der Waals surface area contributed by atoms with Gasteiger partial charge in [-0.3, -0.25) is 9.58 Å². The molecule has 1 saturated heterocycles. The lowest BCUT2D eigenvalue weighted by atomic mass is 10.0. The molecule has 0 spiro atoms. The molecule has 0 amide bonds. The van der Waals surface area contributed by atoms with Crippen LogP contribution >= 0.6 is 0 Å². The Hall–Kier alpha value is -1.74. The van der Waals surface area contributed by atoms with Crippen molar-refractivity contribution in [2.24, 2.45) is 7.05 Å². The average Bonchev–Trinajstić information content (AvgIpc) is 2.88. The van der Waals surface area contributed by atoms with E-state index in [1.54, 1.807) is 25.6 Å². The maximum Gasteiger partial charge on any atom is 0.244 e. The van der Waals surface area contributed by atoms with E-state index in [0.29, 0.717) is 31.1 Å². The van der Waals surface area contributed by atoms with Crippen LogP contribution in [0.25, 0.3) is 0 Å². The van der Waals surface area contributed by atoms with E-state index < -0.39 is 10.0 Å². The first-order valence-corrected chi connectivity index (χ1v) is 10.7. The van der Waals surface area contributed by atoms with Crippen molar-refractivity contribution in [3.63, 3.8) is 0 Å². The second-order valence-corrected chi connectivity index (χ2v) is 8.76. The Balaban J connectivity index is 1.85. The summed E-state index contributed by atoms with van der Waals surface area (Å²) in [6.45, 7) is 8.74. The van der Waals surface area contributed by atoms with Crippen LogP contribution in [0.15, 0.2) is 29.2 Å². The van der Waals surface area contributed by atoms with Crippen LogP contribution in [0, 0.1) is 20.8 Å². The summed E-state index contributed by atoms with van der Waals surface area (Å²) in [5.74, 6) is 0. The van der Waals surface area contributed by atoms with Gasteiger partial charge in [0.1, 0.15) is 4.90 Å². The van der Waals surface area contributed by atoms with Crippen LogP contribution in [-0.4, -0.2) is 55.9 Å². The second-order valence-electron chi connectivity index (χ2n) is 7.05. The molecule has 148 valence electrons. The molecule has 1 N–H and O–H groups in total. The fraction of sp³-hybridized carbons (Fsp3) is 0.526. The minimum Gasteiger partial charge on any atom is -0.379 e. The number of nitrogens with one attached hydrogen (secondary N) is 1. The van der Waals surface area contributed by atoms with Crippen LogP contribution in [0.2, 0.25) is 0 Å². The SMILES string of the molecule is Cc1cccc([C@H](CNS(=O)(=O)c2c(C)nn(C)c2C)N2CCOCC2)c1. The minimum atomic E-state index is -3.64. The Bertz CT molecular complexity index is 902. The van der Waals surface area contributed by atoms with Crippen molar-refractivity contribution in [2.45, 2.75) is 31.7 Å². The minimum absolute atomic E-state index is 0.0409. The van der Waals surface area contributed by atoms with Crippen molar-refractivity contribution in [1.29, 1.82) is 0 Å². The monoisotopic (exact) mass is 392 g/mol. The van der Waals surface area contributed by atoms with Gasteiger partial charge in [-0.25, -0.2) is 13.1 Å². The van der Waals surface area contributed by atoms with E-state index >= 15 is 0 Å². The molecule has 1 aliphatic rings. The number of aryl methyl sites for hydroxylation is 3. The average molecular weight is 393 g/mol. The quantitative estimate of drug-likeness (QED) is 0.810. The molecule has 1 aromatic carbocycles. The van der Waals surface area contributed by atoms with Crippen LogP contribution in [0.4, 0.5) is 0 Å². The smallest absolute Gasteiger partial charge is 0.244 e. The van der Waals surface area contributed by atoms with Gasteiger partial charge < -0.3 is 4.74 Å². The second kappa shape index (κ2) is 8.10. The topological polar surface area (TPSA) is 76.5 Å². The number of rotatable bonds is 6. The number of hydrogen-bond donors (Lipinski definition) is 1. The zero-order chi connectivity index (χ0) is 19.6. The van der Waals surface area contributed by atoms with Crippen molar-refractivity contribution >= 4 is 10.0 Å². The zero-order valence-electron chi connectivity index (χ0n) is 16.4. The standard InChI is InChI=1S/C19H28N4O3S/c1-14-6-5-7-17(12-14)18(23-8-10-26-11-9-23)13-20-27(24,25)19-15(2)21-22(4)16(19)3/h5-7,12,18,20H,8-11,13H2,1-4H3/t18-/m0/s1. The van der Waals surface area contributed by atoms with E-state index in [-0.39, 0.29) is 10.9 Å². The van der Waals surface area contributed by atoms with Crippen LogP contribution in [0.3, 0.4) is 0 Å². The van der Waals surface area contributed by atoms with Crippen LogP contribution in [0.5, 0.6) is 0 Å². The van der Waals surface area contributed by atoms with E-state index in [9.17, 15) is 8.42 Å². The van der Waals surface area contributed by atoms with E-state index in [0.717, 1.165) is 24.2 Å². The highest BCUT2D eigenvalue weighted by Gasteiger charge is 2.28. The van der Waals surface area contributed by atoms with Gasteiger partial charge >= 0.3 is 0 Å². The van der Waals surface area contributed by atoms with Gasteiger partial charge in [0, 0.05) is 32.7 Å². The lowest BCUT2D eigenvalue weighted by molar-refractivity contribution is 0.0172.